The zero-order chi connectivity index (χ0) is 17.8. The van der Waals surface area contributed by atoms with Gasteiger partial charge in [0.25, 0.3) is 5.90 Å². The van der Waals surface area contributed by atoms with Gasteiger partial charge in [-0.1, -0.05) is 19.9 Å². The zero-order valence-corrected chi connectivity index (χ0v) is 14.3. The van der Waals surface area contributed by atoms with Crippen LogP contribution in [0.1, 0.15) is 25.2 Å². The second-order valence-electron chi connectivity index (χ2n) is 5.93. The quantitative estimate of drug-likeness (QED) is 0.592. The first-order chi connectivity index (χ1) is 12.1. The lowest BCUT2D eigenvalue weighted by molar-refractivity contribution is -0.130. The molecule has 1 aliphatic heterocycles. The molecule has 0 atom stereocenters. The molecule has 1 aromatic heterocycles. The molecule has 0 fully saturated rings. The molecule has 130 valence electrons. The van der Waals surface area contributed by atoms with E-state index in [0.717, 1.165) is 5.56 Å². The van der Waals surface area contributed by atoms with Gasteiger partial charge in [-0.25, -0.2) is 9.79 Å². The van der Waals surface area contributed by atoms with Crippen LogP contribution in [0.4, 0.5) is 0 Å². The Morgan fingerprint density at radius 2 is 2.08 bits per heavy atom. The van der Waals surface area contributed by atoms with Crippen molar-refractivity contribution in [2.24, 2.45) is 10.9 Å². The third-order valence-corrected chi connectivity index (χ3v) is 3.42. The minimum Gasteiger partial charge on any atom is -0.493 e. The molecule has 2 aromatic rings. The Balaban J connectivity index is 1.84. The van der Waals surface area contributed by atoms with Gasteiger partial charge in [-0.3, -0.25) is 0 Å². The Morgan fingerprint density at radius 1 is 1.24 bits per heavy atom. The summed E-state index contributed by atoms with van der Waals surface area (Å²) in [7, 11) is 1.57. The second-order valence-corrected chi connectivity index (χ2v) is 5.93. The van der Waals surface area contributed by atoms with Crippen LogP contribution in [-0.2, 0) is 9.53 Å². The SMILES string of the molecule is COc1cc(/C=C2\N=C(c3ccco3)OC2=O)ccc1OCC(C)C. The Labute approximate surface area is 145 Å². The predicted molar refractivity (Wildman–Crippen MR) is 92.6 cm³/mol. The van der Waals surface area contributed by atoms with Crippen LogP contribution in [0, 0.1) is 5.92 Å². The Hall–Kier alpha value is -3.02. The lowest BCUT2D eigenvalue weighted by atomic mass is 10.1. The Bertz CT molecular complexity index is 818. The summed E-state index contributed by atoms with van der Waals surface area (Å²) in [5, 5.41) is 0. The summed E-state index contributed by atoms with van der Waals surface area (Å²) in [6.45, 7) is 4.75. The molecule has 0 amide bonds. The van der Waals surface area contributed by atoms with E-state index in [4.69, 9.17) is 18.6 Å². The molecule has 0 N–H and O–H groups in total. The summed E-state index contributed by atoms with van der Waals surface area (Å²) < 4.78 is 21.4. The highest BCUT2D eigenvalue weighted by molar-refractivity contribution is 6.11. The first-order valence-corrected chi connectivity index (χ1v) is 7.94. The number of nitrogens with zero attached hydrogens (tertiary/aromatic N) is 1. The van der Waals surface area contributed by atoms with Crippen LogP contribution in [-0.4, -0.2) is 25.6 Å². The molecule has 0 unspecified atom stereocenters. The molecule has 6 heteroatoms. The smallest absolute Gasteiger partial charge is 0.363 e. The maximum absolute atomic E-state index is 12.0. The molecular formula is C19H19NO5. The standard InChI is InChI=1S/C19H19NO5/c1-12(2)11-24-15-7-6-13(10-17(15)22-3)9-14-19(21)25-18(20-14)16-5-4-8-23-16/h4-10,12H,11H2,1-3H3/b14-9-. The van der Waals surface area contributed by atoms with E-state index in [2.05, 4.69) is 18.8 Å². The van der Waals surface area contributed by atoms with Crippen LogP contribution in [0.2, 0.25) is 0 Å². The monoisotopic (exact) mass is 341 g/mol. The maximum atomic E-state index is 12.0. The first kappa shape index (κ1) is 16.8. The number of cyclic esters (lactones) is 1. The van der Waals surface area contributed by atoms with Gasteiger partial charge in [0.1, 0.15) is 0 Å². The minimum absolute atomic E-state index is 0.158. The van der Waals surface area contributed by atoms with Crippen molar-refractivity contribution in [3.8, 4) is 11.5 Å². The fourth-order valence-electron chi connectivity index (χ4n) is 2.22. The molecule has 0 spiro atoms. The summed E-state index contributed by atoms with van der Waals surface area (Å²) in [4.78, 5) is 16.2. The largest absolute Gasteiger partial charge is 0.493 e. The second kappa shape index (κ2) is 7.25. The summed E-state index contributed by atoms with van der Waals surface area (Å²) >= 11 is 0. The van der Waals surface area contributed by atoms with Crippen LogP contribution >= 0.6 is 0 Å². The van der Waals surface area contributed by atoms with E-state index < -0.39 is 5.97 Å². The van der Waals surface area contributed by atoms with Crippen LogP contribution < -0.4 is 9.47 Å². The number of aliphatic imine (C=N–C) groups is 1. The van der Waals surface area contributed by atoms with Gasteiger partial charge in [0.15, 0.2) is 23.0 Å². The fourth-order valence-corrected chi connectivity index (χ4v) is 2.22. The lowest BCUT2D eigenvalue weighted by Gasteiger charge is -2.12. The highest BCUT2D eigenvalue weighted by Gasteiger charge is 2.25. The number of hydrogen-bond donors (Lipinski definition) is 0. The normalized spacial score (nSPS) is 15.4. The van der Waals surface area contributed by atoms with E-state index in [0.29, 0.717) is 29.8 Å². The topological polar surface area (TPSA) is 70.3 Å². The molecule has 6 nitrogen and oxygen atoms in total. The van der Waals surface area contributed by atoms with Crippen LogP contribution in [0.3, 0.4) is 0 Å². The summed E-state index contributed by atoms with van der Waals surface area (Å²) in [5.41, 5.74) is 0.953. The number of benzene rings is 1. The summed E-state index contributed by atoms with van der Waals surface area (Å²) in [6.07, 6.45) is 3.13. The van der Waals surface area contributed by atoms with Crippen molar-refractivity contribution in [3.05, 3.63) is 53.6 Å². The van der Waals surface area contributed by atoms with E-state index in [1.807, 2.05) is 12.1 Å². The Morgan fingerprint density at radius 3 is 2.76 bits per heavy atom. The third kappa shape index (κ3) is 3.91. The van der Waals surface area contributed by atoms with Gasteiger partial charge in [-0.2, -0.15) is 0 Å². The van der Waals surface area contributed by atoms with E-state index in [1.54, 1.807) is 31.4 Å². The van der Waals surface area contributed by atoms with Gasteiger partial charge < -0.3 is 18.6 Å². The molecule has 0 aliphatic carbocycles. The van der Waals surface area contributed by atoms with Gasteiger partial charge in [-0.05, 0) is 41.8 Å². The molecule has 0 radical (unpaired) electrons. The van der Waals surface area contributed by atoms with Gasteiger partial charge in [0.2, 0.25) is 0 Å². The number of esters is 1. The number of methoxy groups -OCH3 is 1. The highest BCUT2D eigenvalue weighted by atomic mass is 16.6. The van der Waals surface area contributed by atoms with Gasteiger partial charge in [0, 0.05) is 0 Å². The van der Waals surface area contributed by atoms with E-state index in [1.165, 1.54) is 6.26 Å². The summed E-state index contributed by atoms with van der Waals surface area (Å²) in [6, 6.07) is 8.81. The lowest BCUT2D eigenvalue weighted by Crippen LogP contribution is -2.05. The van der Waals surface area contributed by atoms with Crippen molar-refractivity contribution >= 4 is 17.9 Å². The number of rotatable bonds is 6. The van der Waals surface area contributed by atoms with E-state index in [-0.39, 0.29) is 11.6 Å². The molecule has 3 rings (SSSR count). The predicted octanol–water partition coefficient (Wildman–Crippen LogP) is 3.67. The maximum Gasteiger partial charge on any atom is 0.363 e. The van der Waals surface area contributed by atoms with Crippen molar-refractivity contribution in [2.45, 2.75) is 13.8 Å². The number of ether oxygens (including phenoxy) is 3. The average Bonchev–Trinajstić information content (AvgIpc) is 3.24. The number of carbonyl (C=O) groups excluding carboxylic acids is 1. The molecule has 0 bridgehead atoms. The number of carbonyl (C=O) groups is 1. The number of hydrogen-bond acceptors (Lipinski definition) is 6. The fraction of sp³-hybridized carbons (Fsp3) is 0.263. The van der Waals surface area contributed by atoms with Crippen molar-refractivity contribution < 1.29 is 23.4 Å². The van der Waals surface area contributed by atoms with Crippen molar-refractivity contribution in [2.75, 3.05) is 13.7 Å². The first-order valence-electron chi connectivity index (χ1n) is 7.94. The molecule has 1 aliphatic rings. The molecular weight excluding hydrogens is 322 g/mol. The van der Waals surface area contributed by atoms with E-state index in [9.17, 15) is 4.79 Å². The average molecular weight is 341 g/mol. The minimum atomic E-state index is -0.523. The van der Waals surface area contributed by atoms with E-state index >= 15 is 0 Å². The third-order valence-electron chi connectivity index (χ3n) is 3.42. The van der Waals surface area contributed by atoms with Gasteiger partial charge >= 0.3 is 5.97 Å². The van der Waals surface area contributed by atoms with Crippen LogP contribution in [0.15, 0.2) is 51.7 Å². The van der Waals surface area contributed by atoms with Crippen molar-refractivity contribution in [1.82, 2.24) is 0 Å². The summed E-state index contributed by atoms with van der Waals surface area (Å²) in [5.74, 6) is 1.71. The van der Waals surface area contributed by atoms with Crippen LogP contribution in [0.25, 0.3) is 6.08 Å². The van der Waals surface area contributed by atoms with Gasteiger partial charge in [0.05, 0.1) is 20.0 Å². The molecule has 1 aromatic carbocycles. The van der Waals surface area contributed by atoms with Crippen LogP contribution in [0.5, 0.6) is 11.5 Å². The highest BCUT2D eigenvalue weighted by Crippen LogP contribution is 2.30. The van der Waals surface area contributed by atoms with Gasteiger partial charge in [-0.15, -0.1) is 0 Å². The molecule has 25 heavy (non-hydrogen) atoms. The number of furan rings is 1. The Kier molecular flexibility index (Phi) is 4.88. The van der Waals surface area contributed by atoms with Crippen molar-refractivity contribution in [1.29, 1.82) is 0 Å². The molecule has 0 saturated heterocycles. The molecule has 2 heterocycles. The molecule has 0 saturated carbocycles. The zero-order valence-electron chi connectivity index (χ0n) is 14.3. The van der Waals surface area contributed by atoms with Crippen molar-refractivity contribution in [3.63, 3.8) is 0 Å².